The van der Waals surface area contributed by atoms with Gasteiger partial charge in [-0.3, -0.25) is 14.4 Å². The third-order valence-corrected chi connectivity index (χ3v) is 3.71. The van der Waals surface area contributed by atoms with Crippen molar-refractivity contribution in [2.24, 2.45) is 5.73 Å². The second-order valence-electron chi connectivity index (χ2n) is 5.33. The van der Waals surface area contributed by atoms with Gasteiger partial charge in [-0.15, -0.1) is 0 Å². The summed E-state index contributed by atoms with van der Waals surface area (Å²) in [5.74, 6) is -1.28. The van der Waals surface area contributed by atoms with Crippen LogP contribution in [0.1, 0.15) is 10.5 Å². The Kier molecular flexibility index (Phi) is 3.74. The molecule has 2 aliphatic rings. The van der Waals surface area contributed by atoms with E-state index in [9.17, 15) is 14.4 Å². The third kappa shape index (κ3) is 2.88. The van der Waals surface area contributed by atoms with Gasteiger partial charge in [-0.05, 0) is 12.1 Å². The fourth-order valence-electron chi connectivity index (χ4n) is 2.54. The molecule has 23 heavy (non-hydrogen) atoms. The highest BCUT2D eigenvalue weighted by Crippen LogP contribution is 2.24. The van der Waals surface area contributed by atoms with Crippen molar-refractivity contribution >= 4 is 23.5 Å². The van der Waals surface area contributed by atoms with Gasteiger partial charge in [0.05, 0.1) is 18.3 Å². The second-order valence-corrected chi connectivity index (χ2v) is 5.33. The van der Waals surface area contributed by atoms with E-state index in [-0.39, 0.29) is 17.8 Å². The zero-order valence-electron chi connectivity index (χ0n) is 12.4. The molecule has 2 aliphatic heterocycles. The summed E-state index contributed by atoms with van der Waals surface area (Å²) >= 11 is 0. The number of carbonyl (C=O) groups excluding carboxylic acids is 3. The zero-order valence-corrected chi connectivity index (χ0v) is 12.4. The maximum atomic E-state index is 11.9. The summed E-state index contributed by atoms with van der Waals surface area (Å²) in [5, 5.41) is 4.16. The van der Waals surface area contributed by atoms with Gasteiger partial charge in [0.2, 0.25) is 5.91 Å². The largest absolute Gasteiger partial charge is 0.368 e. The lowest BCUT2D eigenvalue weighted by Crippen LogP contribution is -2.32. The monoisotopic (exact) mass is 320 g/mol. The Morgan fingerprint density at radius 2 is 2.30 bits per heavy atom. The molecule has 4 amide bonds. The van der Waals surface area contributed by atoms with Crippen LogP contribution in [0.2, 0.25) is 0 Å². The molecule has 3 heterocycles. The van der Waals surface area contributed by atoms with Crippen molar-refractivity contribution in [2.45, 2.75) is 6.04 Å². The molecular formula is C13H16N6O4. The molecule has 0 radical (unpaired) electrons. The number of likely N-dealkylation sites (N-methyl/N-ethyl adjacent to an activating group) is 1. The molecule has 2 bridgehead atoms. The molecule has 122 valence electrons. The lowest BCUT2D eigenvalue weighted by molar-refractivity contribution is -0.124. The van der Waals surface area contributed by atoms with Gasteiger partial charge in [-0.2, -0.15) is 5.10 Å². The van der Waals surface area contributed by atoms with Gasteiger partial charge in [0.1, 0.15) is 0 Å². The van der Waals surface area contributed by atoms with Crippen LogP contribution in [0.25, 0.3) is 5.70 Å². The number of hydroxylamine groups is 1. The number of carbonyl (C=O) groups is 3. The number of aromatic nitrogens is 2. The number of rotatable bonds is 5. The smallest absolute Gasteiger partial charge is 0.320 e. The summed E-state index contributed by atoms with van der Waals surface area (Å²) in [6.07, 6.45) is 3.59. The Morgan fingerprint density at radius 3 is 3.00 bits per heavy atom. The van der Waals surface area contributed by atoms with Gasteiger partial charge in [-0.25, -0.2) is 15.0 Å². The maximum absolute atomic E-state index is 11.9. The number of urea groups is 1. The molecular weight excluding hydrogens is 304 g/mol. The van der Waals surface area contributed by atoms with Gasteiger partial charge in [0.25, 0.3) is 5.91 Å². The minimum absolute atomic E-state index is 0.00614. The summed E-state index contributed by atoms with van der Waals surface area (Å²) in [4.78, 5) is 42.3. The van der Waals surface area contributed by atoms with Crippen molar-refractivity contribution in [3.63, 3.8) is 0 Å². The summed E-state index contributed by atoms with van der Waals surface area (Å²) < 4.78 is 1.55. The van der Waals surface area contributed by atoms with E-state index in [1.165, 1.54) is 6.07 Å². The van der Waals surface area contributed by atoms with Crippen LogP contribution < -0.4 is 11.2 Å². The van der Waals surface area contributed by atoms with E-state index in [1.54, 1.807) is 27.7 Å². The van der Waals surface area contributed by atoms with E-state index in [0.717, 1.165) is 5.70 Å². The predicted octanol–water partition coefficient (Wildman–Crippen LogP) is -1.38. The van der Waals surface area contributed by atoms with Crippen LogP contribution in [0.3, 0.4) is 0 Å². The first-order chi connectivity index (χ1) is 11.0. The average Bonchev–Trinajstić information content (AvgIpc) is 3.08. The van der Waals surface area contributed by atoms with Crippen molar-refractivity contribution in [3.8, 4) is 0 Å². The first kappa shape index (κ1) is 15.0. The van der Waals surface area contributed by atoms with E-state index in [0.29, 0.717) is 13.1 Å². The third-order valence-electron chi connectivity index (χ3n) is 3.71. The molecule has 3 N–H and O–H groups in total. The van der Waals surface area contributed by atoms with Crippen LogP contribution in [0.5, 0.6) is 0 Å². The molecule has 1 atom stereocenters. The van der Waals surface area contributed by atoms with Gasteiger partial charge < -0.3 is 15.5 Å². The number of nitrogens with one attached hydrogen (secondary N) is 1. The zero-order chi connectivity index (χ0) is 16.6. The summed E-state index contributed by atoms with van der Waals surface area (Å²) in [7, 11) is 1.75. The fraction of sp³-hybridized carbons (Fsp3) is 0.385. The number of nitrogens with zero attached hydrogens (tertiary/aromatic N) is 4. The fourth-order valence-corrected chi connectivity index (χ4v) is 2.54. The second kappa shape index (κ2) is 5.72. The van der Waals surface area contributed by atoms with Gasteiger partial charge in [0, 0.05) is 19.8 Å². The highest BCUT2D eigenvalue weighted by atomic mass is 16.7. The Bertz CT molecular complexity index is 696. The van der Waals surface area contributed by atoms with Crippen LogP contribution in [-0.4, -0.2) is 70.2 Å². The molecule has 1 saturated heterocycles. The van der Waals surface area contributed by atoms with Crippen LogP contribution in [0, 0.1) is 0 Å². The van der Waals surface area contributed by atoms with Crippen molar-refractivity contribution in [2.75, 3.05) is 26.7 Å². The number of hydrogen-bond donors (Lipinski definition) is 2. The van der Waals surface area contributed by atoms with Gasteiger partial charge >= 0.3 is 6.03 Å². The molecule has 10 heteroatoms. The van der Waals surface area contributed by atoms with E-state index in [1.807, 2.05) is 6.08 Å². The molecule has 0 saturated carbocycles. The highest BCUT2D eigenvalue weighted by molar-refractivity contribution is 5.91. The van der Waals surface area contributed by atoms with Crippen LogP contribution in [0.15, 0.2) is 18.3 Å². The number of nitrogens with two attached hydrogens (primary N) is 1. The minimum Gasteiger partial charge on any atom is -0.368 e. The average molecular weight is 320 g/mol. The molecule has 1 unspecified atom stereocenters. The number of fused-ring (bicyclic) bond motifs is 2. The molecule has 1 fully saturated rings. The van der Waals surface area contributed by atoms with Crippen molar-refractivity contribution in [1.82, 2.24) is 25.1 Å². The van der Waals surface area contributed by atoms with E-state index >= 15 is 0 Å². The molecule has 0 aliphatic carbocycles. The molecule has 10 nitrogen and oxygen atoms in total. The quantitative estimate of drug-likeness (QED) is 0.647. The SMILES string of the molecule is CN1C(=O)N2CC(n3ccc(C(=O)NOCC(N)=O)n3)=CC1C2. The normalized spacial score (nSPS) is 19.8. The van der Waals surface area contributed by atoms with E-state index < -0.39 is 18.4 Å². The van der Waals surface area contributed by atoms with Crippen molar-refractivity contribution < 1.29 is 19.2 Å². The van der Waals surface area contributed by atoms with E-state index in [2.05, 4.69) is 15.4 Å². The molecule has 3 rings (SSSR count). The standard InChI is InChI=1S/C13H16N6O4/c1-17-8-4-9(6-18(5-8)13(17)22)19-3-2-10(15-19)12(21)16-23-7-11(14)20/h2-4,8H,5-7H2,1H3,(H2,14,20)(H,16,21). The molecule has 0 aromatic carbocycles. The highest BCUT2D eigenvalue weighted by Gasteiger charge is 2.37. The lowest BCUT2D eigenvalue weighted by Gasteiger charge is -2.21. The van der Waals surface area contributed by atoms with Crippen LogP contribution in [0.4, 0.5) is 4.79 Å². The number of primary amides is 1. The molecule has 1 aromatic rings. The maximum Gasteiger partial charge on any atom is 0.320 e. The van der Waals surface area contributed by atoms with Crippen molar-refractivity contribution in [1.29, 1.82) is 0 Å². The summed E-state index contributed by atoms with van der Waals surface area (Å²) in [6, 6.07) is 1.50. The van der Waals surface area contributed by atoms with Crippen molar-refractivity contribution in [3.05, 3.63) is 24.0 Å². The first-order valence-corrected chi connectivity index (χ1v) is 6.94. The molecule has 1 aromatic heterocycles. The topological polar surface area (TPSA) is 123 Å². The Hall–Kier alpha value is -2.88. The summed E-state index contributed by atoms with van der Waals surface area (Å²) in [6.45, 7) is 0.678. The van der Waals surface area contributed by atoms with Crippen LogP contribution >= 0.6 is 0 Å². The summed E-state index contributed by atoms with van der Waals surface area (Å²) in [5.41, 5.74) is 7.92. The van der Waals surface area contributed by atoms with Gasteiger partial charge in [0.15, 0.2) is 12.3 Å². The predicted molar refractivity (Wildman–Crippen MR) is 77.6 cm³/mol. The van der Waals surface area contributed by atoms with Crippen LogP contribution in [-0.2, 0) is 9.63 Å². The Balaban J connectivity index is 1.68. The Labute approximate surface area is 131 Å². The Morgan fingerprint density at radius 1 is 1.52 bits per heavy atom. The number of amides is 4. The number of hydrogen-bond acceptors (Lipinski definition) is 5. The minimum atomic E-state index is -0.693. The lowest BCUT2D eigenvalue weighted by atomic mass is 10.2. The van der Waals surface area contributed by atoms with Gasteiger partial charge in [-0.1, -0.05) is 0 Å². The first-order valence-electron chi connectivity index (χ1n) is 6.94. The molecule has 0 spiro atoms. The van der Waals surface area contributed by atoms with E-state index in [4.69, 9.17) is 5.73 Å².